The minimum absolute atomic E-state index is 0.0836. The number of hydrogen-bond acceptors (Lipinski definition) is 7. The topological polar surface area (TPSA) is 106 Å². The molecule has 152 valence electrons. The number of rotatable bonds is 8. The van der Waals surface area contributed by atoms with Crippen LogP contribution >= 0.6 is 11.3 Å². The molecule has 2 unspecified atom stereocenters. The van der Waals surface area contributed by atoms with Gasteiger partial charge in [-0.15, -0.1) is 10.2 Å². The van der Waals surface area contributed by atoms with E-state index in [-0.39, 0.29) is 17.6 Å². The highest BCUT2D eigenvalue weighted by molar-refractivity contribution is 7.18. The molecule has 2 amide bonds. The second-order valence-corrected chi connectivity index (χ2v) is 7.43. The summed E-state index contributed by atoms with van der Waals surface area (Å²) < 4.78 is 10.3. The van der Waals surface area contributed by atoms with Crippen LogP contribution in [0, 0.1) is 5.92 Å². The molecule has 0 saturated heterocycles. The van der Waals surface area contributed by atoms with Crippen molar-refractivity contribution in [2.75, 3.05) is 12.4 Å². The second kappa shape index (κ2) is 9.33. The summed E-state index contributed by atoms with van der Waals surface area (Å²) in [6.07, 6.45) is 2.12. The van der Waals surface area contributed by atoms with Crippen molar-refractivity contribution in [2.45, 2.75) is 26.3 Å². The Morgan fingerprint density at radius 1 is 1.24 bits per heavy atom. The van der Waals surface area contributed by atoms with E-state index in [1.807, 2.05) is 38.1 Å². The maximum Gasteiger partial charge on any atom is 0.287 e. The van der Waals surface area contributed by atoms with Crippen molar-refractivity contribution in [3.63, 3.8) is 0 Å². The summed E-state index contributed by atoms with van der Waals surface area (Å²) in [4.78, 5) is 25.1. The Labute approximate surface area is 172 Å². The van der Waals surface area contributed by atoms with Gasteiger partial charge in [0.25, 0.3) is 5.91 Å². The molecule has 0 radical (unpaired) electrons. The molecule has 0 saturated carbocycles. The molecule has 8 nitrogen and oxygen atoms in total. The van der Waals surface area contributed by atoms with Crippen molar-refractivity contribution in [3.05, 3.63) is 48.4 Å². The van der Waals surface area contributed by atoms with Crippen LogP contribution in [0.25, 0.3) is 10.6 Å². The smallest absolute Gasteiger partial charge is 0.287 e. The van der Waals surface area contributed by atoms with Crippen molar-refractivity contribution in [1.82, 2.24) is 15.5 Å². The number of nitrogens with zero attached hydrogens (tertiary/aromatic N) is 2. The third-order valence-electron chi connectivity index (χ3n) is 4.50. The number of anilines is 1. The lowest BCUT2D eigenvalue weighted by atomic mass is 9.98. The monoisotopic (exact) mass is 414 g/mol. The molecule has 1 aromatic carbocycles. The molecule has 2 atom stereocenters. The standard InChI is InChI=1S/C20H22N4O4S/c1-4-12(2)16(21-17(25)15-9-6-10-28-15)18(26)22-20-24-23-19(29-20)13-7-5-8-14(11-13)27-3/h5-12,16H,4H2,1-3H3,(H,21,25)(H,22,24,26). The molecule has 0 aliphatic carbocycles. The van der Waals surface area contributed by atoms with Gasteiger partial charge in [-0.25, -0.2) is 0 Å². The summed E-state index contributed by atoms with van der Waals surface area (Å²) in [6.45, 7) is 3.85. The summed E-state index contributed by atoms with van der Waals surface area (Å²) in [6, 6.07) is 9.86. The summed E-state index contributed by atoms with van der Waals surface area (Å²) in [7, 11) is 1.59. The largest absolute Gasteiger partial charge is 0.497 e. The number of aromatic nitrogens is 2. The van der Waals surface area contributed by atoms with E-state index in [1.165, 1.54) is 17.6 Å². The molecule has 3 rings (SSSR count). The van der Waals surface area contributed by atoms with E-state index in [0.29, 0.717) is 22.3 Å². The van der Waals surface area contributed by atoms with E-state index < -0.39 is 11.9 Å². The number of nitrogens with one attached hydrogen (secondary N) is 2. The second-order valence-electron chi connectivity index (χ2n) is 6.45. The normalized spacial score (nSPS) is 12.8. The van der Waals surface area contributed by atoms with Gasteiger partial charge in [0.2, 0.25) is 11.0 Å². The van der Waals surface area contributed by atoms with Crippen LogP contribution in [0.3, 0.4) is 0 Å². The fourth-order valence-electron chi connectivity index (χ4n) is 2.65. The molecular formula is C20H22N4O4S. The van der Waals surface area contributed by atoms with Crippen LogP contribution in [0.4, 0.5) is 5.13 Å². The van der Waals surface area contributed by atoms with Crippen molar-refractivity contribution >= 4 is 28.3 Å². The average molecular weight is 414 g/mol. The molecule has 3 aromatic rings. The van der Waals surface area contributed by atoms with Crippen LogP contribution in [0.1, 0.15) is 30.8 Å². The lowest BCUT2D eigenvalue weighted by molar-refractivity contribution is -0.119. The molecule has 2 aromatic heterocycles. The first-order valence-corrected chi connectivity index (χ1v) is 9.96. The number of carbonyl (C=O) groups is 2. The van der Waals surface area contributed by atoms with Gasteiger partial charge >= 0.3 is 0 Å². The van der Waals surface area contributed by atoms with Gasteiger partial charge < -0.3 is 14.5 Å². The molecule has 0 aliphatic heterocycles. The van der Waals surface area contributed by atoms with Gasteiger partial charge in [-0.2, -0.15) is 0 Å². The maximum absolute atomic E-state index is 12.8. The molecule has 0 aliphatic rings. The summed E-state index contributed by atoms with van der Waals surface area (Å²) in [5.74, 6) is -0.0137. The van der Waals surface area contributed by atoms with E-state index in [4.69, 9.17) is 9.15 Å². The van der Waals surface area contributed by atoms with Crippen LogP contribution in [0.2, 0.25) is 0 Å². The zero-order valence-corrected chi connectivity index (χ0v) is 17.2. The van der Waals surface area contributed by atoms with Crippen molar-refractivity contribution in [3.8, 4) is 16.3 Å². The highest BCUT2D eigenvalue weighted by Crippen LogP contribution is 2.29. The van der Waals surface area contributed by atoms with E-state index in [2.05, 4.69) is 20.8 Å². The van der Waals surface area contributed by atoms with Gasteiger partial charge in [0.1, 0.15) is 16.8 Å². The van der Waals surface area contributed by atoms with Crippen molar-refractivity contribution < 1.29 is 18.7 Å². The minimum atomic E-state index is -0.734. The first kappa shape index (κ1) is 20.5. The van der Waals surface area contributed by atoms with Crippen LogP contribution in [0.15, 0.2) is 47.1 Å². The number of carbonyl (C=O) groups excluding carboxylic acids is 2. The zero-order valence-electron chi connectivity index (χ0n) is 16.3. The van der Waals surface area contributed by atoms with Crippen LogP contribution in [-0.2, 0) is 4.79 Å². The first-order chi connectivity index (χ1) is 14.0. The highest BCUT2D eigenvalue weighted by atomic mass is 32.1. The van der Waals surface area contributed by atoms with Gasteiger partial charge in [-0.3, -0.25) is 14.9 Å². The Morgan fingerprint density at radius 2 is 2.07 bits per heavy atom. The third-order valence-corrected chi connectivity index (χ3v) is 5.39. The van der Waals surface area contributed by atoms with Crippen LogP contribution in [0.5, 0.6) is 5.75 Å². The molecule has 0 spiro atoms. The van der Waals surface area contributed by atoms with Gasteiger partial charge in [0.15, 0.2) is 5.76 Å². The molecule has 9 heteroatoms. The summed E-state index contributed by atoms with van der Waals surface area (Å²) in [5.41, 5.74) is 0.840. The molecule has 2 heterocycles. The average Bonchev–Trinajstić information content (AvgIpc) is 3.43. The van der Waals surface area contributed by atoms with Gasteiger partial charge in [-0.1, -0.05) is 43.7 Å². The number of amides is 2. The van der Waals surface area contributed by atoms with E-state index in [9.17, 15) is 9.59 Å². The van der Waals surface area contributed by atoms with E-state index in [1.54, 1.807) is 19.2 Å². The van der Waals surface area contributed by atoms with E-state index >= 15 is 0 Å². The Hall–Kier alpha value is -3.20. The fraction of sp³-hybridized carbons (Fsp3) is 0.300. The number of furan rings is 1. The van der Waals surface area contributed by atoms with Gasteiger partial charge in [-0.05, 0) is 30.2 Å². The quantitative estimate of drug-likeness (QED) is 0.583. The lowest BCUT2D eigenvalue weighted by Gasteiger charge is -2.22. The maximum atomic E-state index is 12.8. The van der Waals surface area contributed by atoms with Gasteiger partial charge in [0.05, 0.1) is 13.4 Å². The van der Waals surface area contributed by atoms with Crippen LogP contribution in [-0.4, -0.2) is 35.2 Å². The minimum Gasteiger partial charge on any atom is -0.497 e. The predicted molar refractivity (Wildman–Crippen MR) is 110 cm³/mol. The number of ether oxygens (including phenoxy) is 1. The number of benzene rings is 1. The summed E-state index contributed by atoms with van der Waals surface area (Å²) in [5, 5.41) is 14.7. The Balaban J connectivity index is 1.72. The van der Waals surface area contributed by atoms with Crippen molar-refractivity contribution in [2.24, 2.45) is 5.92 Å². The molecule has 29 heavy (non-hydrogen) atoms. The molecule has 2 N–H and O–H groups in total. The Kier molecular flexibility index (Phi) is 6.61. The number of methoxy groups -OCH3 is 1. The SMILES string of the molecule is CCC(C)C(NC(=O)c1ccco1)C(=O)Nc1nnc(-c2cccc(OC)c2)s1. The first-order valence-electron chi connectivity index (χ1n) is 9.15. The lowest BCUT2D eigenvalue weighted by Crippen LogP contribution is -2.47. The third kappa shape index (κ3) is 5.00. The Bertz CT molecular complexity index is 971. The molecule has 0 bridgehead atoms. The zero-order chi connectivity index (χ0) is 20.8. The van der Waals surface area contributed by atoms with Crippen molar-refractivity contribution in [1.29, 1.82) is 0 Å². The summed E-state index contributed by atoms with van der Waals surface area (Å²) >= 11 is 1.25. The highest BCUT2D eigenvalue weighted by Gasteiger charge is 2.28. The van der Waals surface area contributed by atoms with Gasteiger partial charge in [0, 0.05) is 5.56 Å². The Morgan fingerprint density at radius 3 is 2.76 bits per heavy atom. The van der Waals surface area contributed by atoms with Crippen LogP contribution < -0.4 is 15.4 Å². The van der Waals surface area contributed by atoms with E-state index in [0.717, 1.165) is 5.56 Å². The number of hydrogen-bond donors (Lipinski definition) is 2. The molecular weight excluding hydrogens is 392 g/mol. The fourth-order valence-corrected chi connectivity index (χ4v) is 3.39. The predicted octanol–water partition coefficient (Wildman–Crippen LogP) is 3.59. The molecule has 0 fully saturated rings.